The lowest BCUT2D eigenvalue weighted by Crippen LogP contribution is -2.16. The molecule has 0 atom stereocenters. The van der Waals surface area contributed by atoms with Crippen LogP contribution in [-0.4, -0.2) is 14.5 Å². The maximum absolute atomic E-state index is 11.9. The van der Waals surface area contributed by atoms with Gasteiger partial charge in [-0.25, -0.2) is 0 Å². The Bertz CT molecular complexity index is 464. The molecule has 1 aromatic carbocycles. The van der Waals surface area contributed by atoms with Gasteiger partial charge in [-0.1, -0.05) is 25.0 Å². The number of nitrogen functional groups attached to an aromatic ring is 1. The standard InChI is InChI=1S/C11H15NO3S/c12-10-7-3-4-8-11(10)16(13,14)15-9-5-1-2-6-9/h3-4,7-9H,1-2,5-6,12H2. The summed E-state index contributed by atoms with van der Waals surface area (Å²) in [6.07, 6.45) is 3.51. The summed E-state index contributed by atoms with van der Waals surface area (Å²) in [7, 11) is -3.70. The van der Waals surface area contributed by atoms with Gasteiger partial charge in [-0.3, -0.25) is 4.18 Å². The van der Waals surface area contributed by atoms with Crippen molar-refractivity contribution in [1.82, 2.24) is 0 Å². The summed E-state index contributed by atoms with van der Waals surface area (Å²) < 4.78 is 29.0. The average Bonchev–Trinajstić information content (AvgIpc) is 2.70. The molecule has 1 aliphatic carbocycles. The zero-order chi connectivity index (χ0) is 11.6. The minimum Gasteiger partial charge on any atom is -0.398 e. The Morgan fingerprint density at radius 3 is 2.44 bits per heavy atom. The smallest absolute Gasteiger partial charge is 0.299 e. The van der Waals surface area contributed by atoms with Gasteiger partial charge in [0.2, 0.25) is 0 Å². The first-order chi connectivity index (χ1) is 7.59. The SMILES string of the molecule is Nc1ccccc1S(=O)(=O)OC1CCCC1. The average molecular weight is 241 g/mol. The molecular weight excluding hydrogens is 226 g/mol. The molecule has 0 aromatic heterocycles. The van der Waals surface area contributed by atoms with E-state index >= 15 is 0 Å². The monoisotopic (exact) mass is 241 g/mol. The molecule has 0 amide bonds. The lowest BCUT2D eigenvalue weighted by Gasteiger charge is -2.12. The zero-order valence-electron chi connectivity index (χ0n) is 8.93. The summed E-state index contributed by atoms with van der Waals surface area (Å²) in [5.74, 6) is 0. The van der Waals surface area contributed by atoms with Crippen molar-refractivity contribution in [2.24, 2.45) is 0 Å². The molecule has 0 heterocycles. The first-order valence-corrected chi connectivity index (χ1v) is 6.78. The van der Waals surface area contributed by atoms with Crippen LogP contribution in [-0.2, 0) is 14.3 Å². The highest BCUT2D eigenvalue weighted by Crippen LogP contribution is 2.27. The number of rotatable bonds is 3. The number of nitrogens with two attached hydrogens (primary N) is 1. The van der Waals surface area contributed by atoms with E-state index in [9.17, 15) is 8.42 Å². The van der Waals surface area contributed by atoms with Crippen molar-refractivity contribution in [2.45, 2.75) is 36.7 Å². The van der Waals surface area contributed by atoms with Crippen molar-refractivity contribution in [3.63, 3.8) is 0 Å². The van der Waals surface area contributed by atoms with Crippen LogP contribution < -0.4 is 5.73 Å². The third kappa shape index (κ3) is 2.36. The Balaban J connectivity index is 2.21. The van der Waals surface area contributed by atoms with Crippen LogP contribution in [0.3, 0.4) is 0 Å². The predicted octanol–water partition coefficient (Wildman–Crippen LogP) is 1.92. The fourth-order valence-electron chi connectivity index (χ4n) is 1.92. The van der Waals surface area contributed by atoms with E-state index in [-0.39, 0.29) is 16.7 Å². The van der Waals surface area contributed by atoms with Gasteiger partial charge in [0, 0.05) is 0 Å². The van der Waals surface area contributed by atoms with Crippen LogP contribution in [0.5, 0.6) is 0 Å². The summed E-state index contributed by atoms with van der Waals surface area (Å²) in [5, 5.41) is 0. The molecular formula is C11H15NO3S. The maximum atomic E-state index is 11.9. The first-order valence-electron chi connectivity index (χ1n) is 5.37. The third-order valence-electron chi connectivity index (χ3n) is 2.75. The fourth-order valence-corrected chi connectivity index (χ4v) is 3.18. The van der Waals surface area contributed by atoms with Crippen LogP contribution in [0.4, 0.5) is 5.69 Å². The molecule has 0 aliphatic heterocycles. The maximum Gasteiger partial charge on any atom is 0.299 e. The van der Waals surface area contributed by atoms with Gasteiger partial charge >= 0.3 is 0 Å². The van der Waals surface area contributed by atoms with Crippen molar-refractivity contribution >= 4 is 15.8 Å². The summed E-state index contributed by atoms with van der Waals surface area (Å²) in [6.45, 7) is 0. The number of hydrogen-bond acceptors (Lipinski definition) is 4. The molecule has 0 saturated heterocycles. The second-order valence-corrected chi connectivity index (χ2v) is 5.54. The lowest BCUT2D eigenvalue weighted by molar-refractivity contribution is 0.217. The molecule has 2 N–H and O–H groups in total. The molecule has 1 aromatic rings. The van der Waals surface area contributed by atoms with Crippen molar-refractivity contribution < 1.29 is 12.6 Å². The Labute approximate surface area is 95.5 Å². The lowest BCUT2D eigenvalue weighted by atomic mass is 10.3. The molecule has 5 heteroatoms. The van der Waals surface area contributed by atoms with Crippen LogP contribution in [0.15, 0.2) is 29.2 Å². The largest absolute Gasteiger partial charge is 0.398 e. The van der Waals surface area contributed by atoms with E-state index in [0.717, 1.165) is 25.7 Å². The molecule has 0 unspecified atom stereocenters. The first kappa shape index (κ1) is 11.4. The van der Waals surface area contributed by atoms with E-state index in [2.05, 4.69) is 0 Å². The number of benzene rings is 1. The molecule has 16 heavy (non-hydrogen) atoms. The Kier molecular flexibility index (Phi) is 3.16. The summed E-state index contributed by atoms with van der Waals surface area (Å²) in [5.41, 5.74) is 5.86. The Hall–Kier alpha value is -1.07. The second kappa shape index (κ2) is 4.43. The van der Waals surface area contributed by atoms with E-state index in [1.165, 1.54) is 6.07 Å². The quantitative estimate of drug-likeness (QED) is 0.648. The Morgan fingerprint density at radius 1 is 1.19 bits per heavy atom. The highest BCUT2D eigenvalue weighted by atomic mass is 32.2. The molecule has 1 saturated carbocycles. The van der Waals surface area contributed by atoms with Gasteiger partial charge in [0.25, 0.3) is 10.1 Å². The molecule has 1 fully saturated rings. The highest BCUT2D eigenvalue weighted by molar-refractivity contribution is 7.87. The van der Waals surface area contributed by atoms with Crippen LogP contribution in [0.2, 0.25) is 0 Å². The minimum absolute atomic E-state index is 0.0712. The van der Waals surface area contributed by atoms with Crippen LogP contribution in [0, 0.1) is 0 Å². The van der Waals surface area contributed by atoms with Gasteiger partial charge < -0.3 is 5.73 Å². The molecule has 0 radical (unpaired) electrons. The highest BCUT2D eigenvalue weighted by Gasteiger charge is 2.25. The van der Waals surface area contributed by atoms with Gasteiger partial charge in [-0.15, -0.1) is 0 Å². The van der Waals surface area contributed by atoms with Gasteiger partial charge in [-0.2, -0.15) is 8.42 Å². The van der Waals surface area contributed by atoms with E-state index < -0.39 is 10.1 Å². The van der Waals surface area contributed by atoms with E-state index in [1.807, 2.05) is 0 Å². The van der Waals surface area contributed by atoms with E-state index in [1.54, 1.807) is 18.2 Å². The second-order valence-electron chi connectivity index (χ2n) is 3.99. The van der Waals surface area contributed by atoms with Crippen molar-refractivity contribution in [2.75, 3.05) is 5.73 Å². The van der Waals surface area contributed by atoms with Crippen LogP contribution >= 0.6 is 0 Å². The molecule has 2 rings (SSSR count). The summed E-state index contributed by atoms with van der Waals surface area (Å²) >= 11 is 0. The summed E-state index contributed by atoms with van der Waals surface area (Å²) in [4.78, 5) is 0.0712. The van der Waals surface area contributed by atoms with Gasteiger partial charge in [0.1, 0.15) is 4.90 Å². The molecule has 4 nitrogen and oxygen atoms in total. The molecule has 0 spiro atoms. The zero-order valence-corrected chi connectivity index (χ0v) is 9.74. The molecule has 0 bridgehead atoms. The van der Waals surface area contributed by atoms with Gasteiger partial charge in [0.05, 0.1) is 11.8 Å². The molecule has 1 aliphatic rings. The Morgan fingerprint density at radius 2 is 1.81 bits per heavy atom. The normalized spacial score (nSPS) is 17.8. The van der Waals surface area contributed by atoms with Gasteiger partial charge in [-0.05, 0) is 25.0 Å². The predicted molar refractivity (Wildman–Crippen MR) is 61.4 cm³/mol. The van der Waals surface area contributed by atoms with E-state index in [4.69, 9.17) is 9.92 Å². The summed E-state index contributed by atoms with van der Waals surface area (Å²) in [6, 6.07) is 6.37. The van der Waals surface area contributed by atoms with Crippen LogP contribution in [0.1, 0.15) is 25.7 Å². The van der Waals surface area contributed by atoms with Crippen molar-refractivity contribution in [3.8, 4) is 0 Å². The number of para-hydroxylation sites is 1. The number of hydrogen-bond donors (Lipinski definition) is 1. The van der Waals surface area contributed by atoms with Crippen molar-refractivity contribution in [1.29, 1.82) is 0 Å². The van der Waals surface area contributed by atoms with Crippen molar-refractivity contribution in [3.05, 3.63) is 24.3 Å². The third-order valence-corrected chi connectivity index (χ3v) is 4.19. The fraction of sp³-hybridized carbons (Fsp3) is 0.455. The topological polar surface area (TPSA) is 69.4 Å². The van der Waals surface area contributed by atoms with Crippen LogP contribution in [0.25, 0.3) is 0 Å². The van der Waals surface area contributed by atoms with E-state index in [0.29, 0.717) is 0 Å². The van der Waals surface area contributed by atoms with Gasteiger partial charge in [0.15, 0.2) is 0 Å². The molecule has 88 valence electrons. The number of anilines is 1. The minimum atomic E-state index is -3.70.